The van der Waals surface area contributed by atoms with Crippen LogP contribution in [0.25, 0.3) is 0 Å². The summed E-state index contributed by atoms with van der Waals surface area (Å²) in [6.07, 6.45) is -3.00. The van der Waals surface area contributed by atoms with E-state index in [0.717, 1.165) is 18.5 Å². The van der Waals surface area contributed by atoms with Crippen LogP contribution in [0.5, 0.6) is 0 Å². The maximum atomic E-state index is 12.4. The van der Waals surface area contributed by atoms with Gasteiger partial charge in [0.2, 0.25) is 0 Å². The molecule has 14 heavy (non-hydrogen) atoms. The molecule has 1 rings (SSSR count). The number of aliphatic hydroxyl groups excluding tert-OH is 1. The molecule has 1 N–H and O–H groups in total. The first-order valence-electron chi connectivity index (χ1n) is 4.09. The Labute approximate surface area is 79.4 Å². The van der Waals surface area contributed by atoms with E-state index in [1.165, 1.54) is 6.92 Å². The van der Waals surface area contributed by atoms with Gasteiger partial charge in [-0.15, -0.1) is 0 Å². The van der Waals surface area contributed by atoms with Crippen molar-refractivity contribution in [3.8, 4) is 0 Å². The fraction of sp³-hybridized carbons (Fsp3) is 0.444. The minimum Gasteiger partial charge on any atom is -0.393 e. The molecule has 0 bridgehead atoms. The summed E-state index contributed by atoms with van der Waals surface area (Å²) in [6.45, 7) is 1.44. The van der Waals surface area contributed by atoms with E-state index in [4.69, 9.17) is 5.11 Å². The van der Waals surface area contributed by atoms with Crippen molar-refractivity contribution in [3.05, 3.63) is 29.6 Å². The van der Waals surface area contributed by atoms with E-state index in [0.29, 0.717) is 0 Å². The maximum absolute atomic E-state index is 12.4. The van der Waals surface area contributed by atoms with E-state index >= 15 is 0 Å². The number of halogens is 3. The van der Waals surface area contributed by atoms with Gasteiger partial charge >= 0.3 is 6.18 Å². The second kappa shape index (κ2) is 3.96. The van der Waals surface area contributed by atoms with Crippen molar-refractivity contribution in [1.29, 1.82) is 0 Å². The largest absolute Gasteiger partial charge is 0.416 e. The number of nitrogens with zero attached hydrogens (tertiary/aromatic N) is 1. The van der Waals surface area contributed by atoms with E-state index in [9.17, 15) is 13.2 Å². The summed E-state index contributed by atoms with van der Waals surface area (Å²) in [5.41, 5.74) is -0.705. The molecule has 0 fully saturated rings. The molecule has 1 aromatic rings. The Morgan fingerprint density at radius 1 is 1.50 bits per heavy atom. The lowest BCUT2D eigenvalue weighted by Gasteiger charge is -2.12. The highest BCUT2D eigenvalue weighted by atomic mass is 19.4. The summed E-state index contributed by atoms with van der Waals surface area (Å²) in [6, 6.07) is 0.914. The Bertz CT molecular complexity index is 309. The molecule has 0 amide bonds. The summed E-state index contributed by atoms with van der Waals surface area (Å²) in [4.78, 5) is 3.60. The van der Waals surface area contributed by atoms with E-state index in [1.54, 1.807) is 0 Å². The molecule has 1 unspecified atom stereocenters. The molecule has 5 heteroatoms. The van der Waals surface area contributed by atoms with Crippen LogP contribution in [0.2, 0.25) is 0 Å². The second-order valence-corrected chi connectivity index (χ2v) is 3.08. The lowest BCUT2D eigenvalue weighted by Crippen LogP contribution is -2.13. The number of aromatic nitrogens is 1. The van der Waals surface area contributed by atoms with Gasteiger partial charge in [0.15, 0.2) is 0 Å². The summed E-state index contributed by atoms with van der Waals surface area (Å²) >= 11 is 0. The molecular formula is C9H10F3NO. The normalized spacial score (nSPS) is 14.1. The number of alkyl halides is 3. The summed E-state index contributed by atoms with van der Waals surface area (Å²) in [5.74, 6) is 0. The van der Waals surface area contributed by atoms with Crippen LogP contribution in [-0.2, 0) is 12.6 Å². The monoisotopic (exact) mass is 205 g/mol. The highest BCUT2D eigenvalue weighted by molar-refractivity contribution is 5.26. The van der Waals surface area contributed by atoms with Gasteiger partial charge in [-0.25, -0.2) is 0 Å². The van der Waals surface area contributed by atoms with Crippen LogP contribution >= 0.6 is 0 Å². The first kappa shape index (κ1) is 11.0. The van der Waals surface area contributed by atoms with Gasteiger partial charge < -0.3 is 5.11 Å². The molecule has 0 aromatic carbocycles. The SMILES string of the molecule is CC(O)Cc1cnccc1C(F)(F)F. The van der Waals surface area contributed by atoms with Crippen molar-refractivity contribution in [2.24, 2.45) is 0 Å². The van der Waals surface area contributed by atoms with Gasteiger partial charge in [0.1, 0.15) is 0 Å². The second-order valence-electron chi connectivity index (χ2n) is 3.08. The van der Waals surface area contributed by atoms with Crippen molar-refractivity contribution in [3.63, 3.8) is 0 Å². The third-order valence-corrected chi connectivity index (χ3v) is 1.72. The molecule has 78 valence electrons. The van der Waals surface area contributed by atoms with Crippen molar-refractivity contribution in [1.82, 2.24) is 4.98 Å². The fourth-order valence-electron chi connectivity index (χ4n) is 1.18. The van der Waals surface area contributed by atoms with Gasteiger partial charge in [-0.3, -0.25) is 4.98 Å². The van der Waals surface area contributed by atoms with E-state index in [1.807, 2.05) is 0 Å². The Morgan fingerprint density at radius 2 is 2.14 bits per heavy atom. The van der Waals surface area contributed by atoms with Crippen molar-refractivity contribution >= 4 is 0 Å². The molecule has 1 aromatic heterocycles. The predicted octanol–water partition coefficient (Wildman–Crippen LogP) is 2.02. The zero-order valence-electron chi connectivity index (χ0n) is 7.54. The molecule has 0 saturated heterocycles. The minimum absolute atomic E-state index is 0.0231. The summed E-state index contributed by atoms with van der Waals surface area (Å²) in [7, 11) is 0. The van der Waals surface area contributed by atoms with Crippen molar-refractivity contribution in [2.45, 2.75) is 25.6 Å². The smallest absolute Gasteiger partial charge is 0.393 e. The van der Waals surface area contributed by atoms with Gasteiger partial charge in [-0.05, 0) is 18.6 Å². The summed E-state index contributed by atoms with van der Waals surface area (Å²) < 4.78 is 37.2. The molecular weight excluding hydrogens is 195 g/mol. The standard InChI is InChI=1S/C9H10F3NO/c1-6(14)4-7-5-13-3-2-8(7)9(10,11)12/h2-3,5-6,14H,4H2,1H3. The fourth-order valence-corrected chi connectivity index (χ4v) is 1.18. The van der Waals surface area contributed by atoms with Crippen LogP contribution in [0.1, 0.15) is 18.1 Å². The molecule has 0 saturated carbocycles. The van der Waals surface area contributed by atoms with Gasteiger partial charge in [0.25, 0.3) is 0 Å². The van der Waals surface area contributed by atoms with Crippen LogP contribution in [0, 0.1) is 0 Å². The number of aliphatic hydroxyl groups is 1. The van der Waals surface area contributed by atoms with Crippen molar-refractivity contribution < 1.29 is 18.3 Å². The quantitative estimate of drug-likeness (QED) is 0.801. The van der Waals surface area contributed by atoms with Gasteiger partial charge in [-0.2, -0.15) is 13.2 Å². The number of rotatable bonds is 2. The van der Waals surface area contributed by atoms with Crippen LogP contribution < -0.4 is 0 Å². The van der Waals surface area contributed by atoms with Crippen LogP contribution in [-0.4, -0.2) is 16.2 Å². The Balaban J connectivity index is 3.04. The van der Waals surface area contributed by atoms with E-state index < -0.39 is 17.8 Å². The molecule has 0 radical (unpaired) electrons. The number of pyridine rings is 1. The first-order valence-corrected chi connectivity index (χ1v) is 4.09. The Kier molecular flexibility index (Phi) is 3.10. The highest BCUT2D eigenvalue weighted by Gasteiger charge is 2.33. The molecule has 0 aliphatic heterocycles. The third kappa shape index (κ3) is 2.70. The molecule has 0 aliphatic rings. The van der Waals surface area contributed by atoms with Gasteiger partial charge in [-0.1, -0.05) is 0 Å². The maximum Gasteiger partial charge on any atom is 0.416 e. The average Bonchev–Trinajstić information content (AvgIpc) is 2.01. The highest BCUT2D eigenvalue weighted by Crippen LogP contribution is 2.31. The third-order valence-electron chi connectivity index (χ3n) is 1.72. The van der Waals surface area contributed by atoms with Gasteiger partial charge in [0.05, 0.1) is 11.7 Å². The number of hydrogen-bond donors (Lipinski definition) is 1. The lowest BCUT2D eigenvalue weighted by atomic mass is 10.0. The van der Waals surface area contributed by atoms with Crippen LogP contribution in [0.4, 0.5) is 13.2 Å². The van der Waals surface area contributed by atoms with Crippen molar-refractivity contribution in [2.75, 3.05) is 0 Å². The minimum atomic E-state index is -4.38. The predicted molar refractivity (Wildman–Crippen MR) is 44.6 cm³/mol. The molecule has 1 atom stereocenters. The molecule has 0 aliphatic carbocycles. The summed E-state index contributed by atoms with van der Waals surface area (Å²) in [5, 5.41) is 9.00. The first-order chi connectivity index (χ1) is 6.41. The Morgan fingerprint density at radius 3 is 2.64 bits per heavy atom. The number of hydrogen-bond acceptors (Lipinski definition) is 2. The van der Waals surface area contributed by atoms with Crippen LogP contribution in [0.15, 0.2) is 18.5 Å². The van der Waals surface area contributed by atoms with E-state index in [-0.39, 0.29) is 12.0 Å². The zero-order chi connectivity index (χ0) is 10.8. The Hall–Kier alpha value is -1.10. The molecule has 0 spiro atoms. The van der Waals surface area contributed by atoms with Gasteiger partial charge in [0, 0.05) is 18.8 Å². The molecule has 1 heterocycles. The van der Waals surface area contributed by atoms with E-state index in [2.05, 4.69) is 4.98 Å². The zero-order valence-corrected chi connectivity index (χ0v) is 7.54. The average molecular weight is 205 g/mol. The lowest BCUT2D eigenvalue weighted by molar-refractivity contribution is -0.138. The van der Waals surface area contributed by atoms with Crippen LogP contribution in [0.3, 0.4) is 0 Å². The molecule has 2 nitrogen and oxygen atoms in total. The topological polar surface area (TPSA) is 33.1 Å².